The number of methoxy groups -OCH3 is 2. The van der Waals surface area contributed by atoms with E-state index in [9.17, 15) is 4.79 Å². The third kappa shape index (κ3) is 4.19. The molecule has 3 heterocycles. The molecular formula is C24H33FN6O3. The normalized spacial score (nSPS) is 24.9. The fourth-order valence-corrected chi connectivity index (χ4v) is 5.76. The molecule has 2 aromatic rings. The highest BCUT2D eigenvalue weighted by Crippen LogP contribution is 2.38. The van der Waals surface area contributed by atoms with Gasteiger partial charge in [-0.25, -0.2) is 9.37 Å². The number of ether oxygens (including phenoxy) is 2. The first-order chi connectivity index (χ1) is 16.5. The highest BCUT2D eigenvalue weighted by atomic mass is 19.1. The number of carbonyl (C=O) groups excluding carboxylic acids is 1. The lowest BCUT2D eigenvalue weighted by Gasteiger charge is -2.35. The van der Waals surface area contributed by atoms with Crippen molar-refractivity contribution < 1.29 is 18.7 Å². The molecule has 10 heteroatoms. The Balaban J connectivity index is 1.25. The van der Waals surface area contributed by atoms with Crippen molar-refractivity contribution in [2.75, 3.05) is 51.0 Å². The van der Waals surface area contributed by atoms with Gasteiger partial charge in [0.2, 0.25) is 11.9 Å². The zero-order chi connectivity index (χ0) is 23.8. The van der Waals surface area contributed by atoms with E-state index >= 15 is 4.39 Å². The van der Waals surface area contributed by atoms with Crippen molar-refractivity contribution in [1.82, 2.24) is 20.2 Å². The van der Waals surface area contributed by atoms with Crippen LogP contribution in [0.1, 0.15) is 38.5 Å². The fraction of sp³-hybridized carbons (Fsp3) is 0.625. The number of carbonyl (C=O) groups is 1. The lowest BCUT2D eigenvalue weighted by molar-refractivity contribution is -0.132. The van der Waals surface area contributed by atoms with Crippen LogP contribution in [0, 0.1) is 11.7 Å². The molecule has 1 saturated carbocycles. The van der Waals surface area contributed by atoms with E-state index in [0.717, 1.165) is 12.3 Å². The van der Waals surface area contributed by atoms with Crippen LogP contribution in [0.2, 0.25) is 0 Å². The van der Waals surface area contributed by atoms with Crippen LogP contribution in [0.4, 0.5) is 16.2 Å². The molecule has 3 atom stereocenters. The van der Waals surface area contributed by atoms with E-state index in [1.165, 1.54) is 39.9 Å². The van der Waals surface area contributed by atoms with E-state index in [1.54, 1.807) is 6.07 Å². The molecule has 1 amide bonds. The van der Waals surface area contributed by atoms with E-state index in [0.29, 0.717) is 50.0 Å². The topological polar surface area (TPSA) is 106 Å². The van der Waals surface area contributed by atoms with Gasteiger partial charge in [0.05, 0.1) is 14.2 Å². The third-order valence-electron chi connectivity index (χ3n) is 7.58. The van der Waals surface area contributed by atoms with Gasteiger partial charge in [-0.1, -0.05) is 12.8 Å². The number of aromatic nitrogens is 2. The summed E-state index contributed by atoms with van der Waals surface area (Å²) in [7, 11) is 2.81. The quantitative estimate of drug-likeness (QED) is 0.683. The van der Waals surface area contributed by atoms with Crippen molar-refractivity contribution in [2.24, 2.45) is 5.92 Å². The number of amides is 1. The van der Waals surface area contributed by atoms with Crippen molar-refractivity contribution >= 4 is 28.6 Å². The molecule has 3 fully saturated rings. The number of fused-ring (bicyclic) bond motifs is 2. The number of benzene rings is 1. The number of rotatable bonds is 5. The number of nitrogen functional groups attached to an aromatic ring is 1. The van der Waals surface area contributed by atoms with Gasteiger partial charge in [0.25, 0.3) is 0 Å². The number of hydrogen-bond donors (Lipinski definition) is 2. The minimum Gasteiger partial charge on any atom is -0.493 e. The second-order valence-electron chi connectivity index (χ2n) is 9.55. The molecule has 5 rings (SSSR count). The smallest absolute Gasteiger partial charge is 0.228 e. The molecule has 2 aliphatic heterocycles. The largest absolute Gasteiger partial charge is 0.493 e. The predicted octanol–water partition coefficient (Wildman–Crippen LogP) is 2.33. The predicted molar refractivity (Wildman–Crippen MR) is 128 cm³/mol. The van der Waals surface area contributed by atoms with Crippen molar-refractivity contribution in [2.45, 2.75) is 50.6 Å². The number of hydrogen-bond acceptors (Lipinski definition) is 8. The Morgan fingerprint density at radius 3 is 2.65 bits per heavy atom. The minimum atomic E-state index is -0.634. The number of anilines is 2. The Kier molecular flexibility index (Phi) is 6.33. The van der Waals surface area contributed by atoms with E-state index < -0.39 is 5.82 Å². The first-order valence-electron chi connectivity index (χ1n) is 12.1. The summed E-state index contributed by atoms with van der Waals surface area (Å²) in [6, 6.07) is 2.47. The molecule has 2 saturated heterocycles. The molecule has 34 heavy (non-hydrogen) atoms. The van der Waals surface area contributed by atoms with Crippen LogP contribution in [0.25, 0.3) is 10.9 Å². The SMILES string of the molecule is COc1cc2c(N)nc(N3CCN(C(=O)C[C@H]4C[C@@H]5CCCC[C@@H]5N4)CC3)nc2c(F)c1OC. The van der Waals surface area contributed by atoms with Crippen LogP contribution >= 0.6 is 0 Å². The summed E-state index contributed by atoms with van der Waals surface area (Å²) in [4.78, 5) is 25.7. The maximum absolute atomic E-state index is 15.1. The molecule has 3 aliphatic rings. The van der Waals surface area contributed by atoms with Crippen LogP contribution in [-0.4, -0.2) is 73.3 Å². The Labute approximate surface area is 198 Å². The van der Waals surface area contributed by atoms with Gasteiger partial charge in [-0.05, 0) is 31.2 Å². The lowest BCUT2D eigenvalue weighted by Crippen LogP contribution is -2.50. The molecule has 184 valence electrons. The molecule has 0 spiro atoms. The average molecular weight is 473 g/mol. The first kappa shape index (κ1) is 22.9. The van der Waals surface area contributed by atoms with Crippen molar-refractivity contribution in [3.63, 3.8) is 0 Å². The van der Waals surface area contributed by atoms with Gasteiger partial charge in [-0.2, -0.15) is 4.98 Å². The number of nitrogens with two attached hydrogens (primary N) is 1. The van der Waals surface area contributed by atoms with Gasteiger partial charge >= 0.3 is 0 Å². The number of halogens is 1. The minimum absolute atomic E-state index is 0.0187. The maximum atomic E-state index is 15.1. The fourth-order valence-electron chi connectivity index (χ4n) is 5.76. The highest BCUT2D eigenvalue weighted by molar-refractivity contribution is 5.92. The summed E-state index contributed by atoms with van der Waals surface area (Å²) in [5, 5.41) is 4.07. The van der Waals surface area contributed by atoms with Gasteiger partial charge < -0.3 is 30.3 Å². The van der Waals surface area contributed by atoms with Crippen LogP contribution in [0.5, 0.6) is 11.5 Å². The number of nitrogens with one attached hydrogen (secondary N) is 1. The average Bonchev–Trinajstić information content (AvgIpc) is 3.26. The molecule has 0 radical (unpaired) electrons. The number of nitrogens with zero attached hydrogens (tertiary/aromatic N) is 4. The molecular weight excluding hydrogens is 439 g/mol. The van der Waals surface area contributed by atoms with E-state index in [-0.39, 0.29) is 34.8 Å². The van der Waals surface area contributed by atoms with Crippen LogP contribution < -0.4 is 25.4 Å². The molecule has 1 aromatic heterocycles. The summed E-state index contributed by atoms with van der Waals surface area (Å²) in [6.45, 7) is 2.28. The summed E-state index contributed by atoms with van der Waals surface area (Å²) in [5.41, 5.74) is 6.24. The lowest BCUT2D eigenvalue weighted by atomic mass is 9.85. The zero-order valence-electron chi connectivity index (χ0n) is 19.8. The molecule has 9 nitrogen and oxygen atoms in total. The van der Waals surface area contributed by atoms with Crippen LogP contribution in [-0.2, 0) is 4.79 Å². The molecule has 0 bridgehead atoms. The van der Waals surface area contributed by atoms with E-state index in [1.807, 2.05) is 9.80 Å². The van der Waals surface area contributed by atoms with Crippen molar-refractivity contribution in [3.05, 3.63) is 11.9 Å². The standard InChI is InChI=1S/C24H33FN6O3/c1-33-18-13-16-21(20(25)22(18)34-2)28-24(29-23(16)26)31-9-7-30(8-10-31)19(32)12-15-11-14-5-3-4-6-17(14)27-15/h13-15,17,27H,3-12H2,1-2H3,(H2,26,28,29)/t14-,15+,17-/m0/s1. The Bertz CT molecular complexity index is 1060. The Morgan fingerprint density at radius 1 is 1.18 bits per heavy atom. The number of piperazine rings is 1. The second-order valence-corrected chi connectivity index (χ2v) is 9.55. The highest BCUT2D eigenvalue weighted by Gasteiger charge is 2.36. The molecule has 1 aromatic carbocycles. The molecule has 0 unspecified atom stereocenters. The summed E-state index contributed by atoms with van der Waals surface area (Å²) in [5.74, 6) is 1.03. The van der Waals surface area contributed by atoms with E-state index in [2.05, 4.69) is 15.3 Å². The first-order valence-corrected chi connectivity index (χ1v) is 12.1. The summed E-state index contributed by atoms with van der Waals surface area (Å²) in [6.07, 6.45) is 6.80. The van der Waals surface area contributed by atoms with E-state index in [4.69, 9.17) is 15.2 Å². The summed E-state index contributed by atoms with van der Waals surface area (Å²) >= 11 is 0. The van der Waals surface area contributed by atoms with Gasteiger partial charge in [0, 0.05) is 50.1 Å². The van der Waals surface area contributed by atoms with Gasteiger partial charge in [-0.15, -0.1) is 0 Å². The maximum Gasteiger partial charge on any atom is 0.228 e. The monoisotopic (exact) mass is 472 g/mol. The van der Waals surface area contributed by atoms with Gasteiger partial charge in [-0.3, -0.25) is 4.79 Å². The zero-order valence-corrected chi connectivity index (χ0v) is 19.8. The van der Waals surface area contributed by atoms with Crippen molar-refractivity contribution in [3.8, 4) is 11.5 Å². The second kappa shape index (κ2) is 9.40. The molecule has 1 aliphatic carbocycles. The van der Waals surface area contributed by atoms with Crippen LogP contribution in [0.15, 0.2) is 6.07 Å². The summed E-state index contributed by atoms with van der Waals surface area (Å²) < 4.78 is 25.5. The Morgan fingerprint density at radius 2 is 1.94 bits per heavy atom. The van der Waals surface area contributed by atoms with Crippen molar-refractivity contribution in [1.29, 1.82) is 0 Å². The molecule has 3 N–H and O–H groups in total. The van der Waals surface area contributed by atoms with Crippen LogP contribution in [0.3, 0.4) is 0 Å². The van der Waals surface area contributed by atoms with Gasteiger partial charge in [0.15, 0.2) is 17.3 Å². The third-order valence-corrected chi connectivity index (χ3v) is 7.58. The Hall–Kier alpha value is -2.88. The van der Waals surface area contributed by atoms with Gasteiger partial charge in [0.1, 0.15) is 11.3 Å².